The van der Waals surface area contributed by atoms with Gasteiger partial charge in [-0.1, -0.05) is 18.1 Å². The Hall–Kier alpha value is -1.31. The largest absolute Gasteiger partial charge is 0.336 e. The van der Waals surface area contributed by atoms with Crippen LogP contribution in [0.1, 0.15) is 10.4 Å². The van der Waals surface area contributed by atoms with Crippen LogP contribution >= 0.6 is 15.9 Å². The number of benzene rings is 1. The Balaban J connectivity index is 2.00. The van der Waals surface area contributed by atoms with Crippen molar-refractivity contribution in [1.29, 1.82) is 0 Å². The van der Waals surface area contributed by atoms with Crippen LogP contribution in [0, 0.1) is 12.3 Å². The molecule has 0 atom stereocenters. The van der Waals surface area contributed by atoms with E-state index in [1.165, 1.54) is 0 Å². The number of terminal acetylenes is 1. The molecule has 4 heteroatoms. The topological polar surface area (TPSA) is 23.6 Å². The van der Waals surface area contributed by atoms with Crippen LogP contribution in [0.25, 0.3) is 0 Å². The van der Waals surface area contributed by atoms with E-state index in [2.05, 4.69) is 26.8 Å². The zero-order valence-electron chi connectivity index (χ0n) is 10.1. The molecule has 1 aliphatic rings. The first-order chi connectivity index (χ1) is 8.72. The summed E-state index contributed by atoms with van der Waals surface area (Å²) in [5.41, 5.74) is 0.725. The van der Waals surface area contributed by atoms with E-state index in [4.69, 9.17) is 6.42 Å². The summed E-state index contributed by atoms with van der Waals surface area (Å²) >= 11 is 3.42. The van der Waals surface area contributed by atoms with Crippen LogP contribution in [0.5, 0.6) is 0 Å². The number of halogens is 1. The van der Waals surface area contributed by atoms with Gasteiger partial charge >= 0.3 is 0 Å². The van der Waals surface area contributed by atoms with Gasteiger partial charge in [-0.15, -0.1) is 6.42 Å². The standard InChI is InChI=1S/C14H15BrN2O/c1-2-7-16-8-10-17(11-9-16)14(18)12-5-3-4-6-13(12)15/h1,3-6H,7-11H2. The molecule has 0 unspecified atom stereocenters. The van der Waals surface area contributed by atoms with Gasteiger partial charge in [-0.05, 0) is 28.1 Å². The molecule has 0 radical (unpaired) electrons. The van der Waals surface area contributed by atoms with Crippen molar-refractivity contribution >= 4 is 21.8 Å². The molecule has 0 bridgehead atoms. The minimum Gasteiger partial charge on any atom is -0.336 e. The number of hydrogen-bond acceptors (Lipinski definition) is 2. The first kappa shape index (κ1) is 13.1. The van der Waals surface area contributed by atoms with Crippen LogP contribution in [-0.4, -0.2) is 48.4 Å². The van der Waals surface area contributed by atoms with E-state index in [0.717, 1.165) is 36.2 Å². The fourth-order valence-electron chi connectivity index (χ4n) is 2.04. The summed E-state index contributed by atoms with van der Waals surface area (Å²) in [6, 6.07) is 7.53. The van der Waals surface area contributed by atoms with Gasteiger partial charge in [0.25, 0.3) is 5.91 Å². The SMILES string of the molecule is C#CCN1CCN(C(=O)c2ccccc2Br)CC1. The maximum Gasteiger partial charge on any atom is 0.255 e. The van der Waals surface area contributed by atoms with Crippen molar-refractivity contribution in [2.24, 2.45) is 0 Å². The summed E-state index contributed by atoms with van der Waals surface area (Å²) in [6.45, 7) is 3.83. The van der Waals surface area contributed by atoms with Crippen LogP contribution in [0.2, 0.25) is 0 Å². The summed E-state index contributed by atoms with van der Waals surface area (Å²) in [4.78, 5) is 16.4. The molecule has 0 saturated carbocycles. The Morgan fingerprint density at radius 1 is 1.28 bits per heavy atom. The molecule has 1 saturated heterocycles. The van der Waals surface area contributed by atoms with E-state index in [1.54, 1.807) is 0 Å². The van der Waals surface area contributed by atoms with Crippen LogP contribution < -0.4 is 0 Å². The first-order valence-electron chi connectivity index (χ1n) is 5.92. The smallest absolute Gasteiger partial charge is 0.255 e. The summed E-state index contributed by atoms with van der Waals surface area (Å²) in [5.74, 6) is 2.72. The third-order valence-corrected chi connectivity index (χ3v) is 3.77. The third kappa shape index (κ3) is 2.92. The summed E-state index contributed by atoms with van der Waals surface area (Å²) in [6.07, 6.45) is 5.29. The number of piperazine rings is 1. The van der Waals surface area contributed by atoms with Crippen molar-refractivity contribution in [2.45, 2.75) is 0 Å². The molecule has 1 fully saturated rings. The van der Waals surface area contributed by atoms with Gasteiger partial charge in [-0.2, -0.15) is 0 Å². The van der Waals surface area contributed by atoms with Gasteiger partial charge in [0, 0.05) is 30.7 Å². The molecule has 94 valence electrons. The van der Waals surface area contributed by atoms with Crippen molar-refractivity contribution in [1.82, 2.24) is 9.80 Å². The van der Waals surface area contributed by atoms with Crippen molar-refractivity contribution in [3.8, 4) is 12.3 Å². The Morgan fingerprint density at radius 3 is 2.56 bits per heavy atom. The zero-order valence-corrected chi connectivity index (χ0v) is 11.7. The van der Waals surface area contributed by atoms with Crippen molar-refractivity contribution in [2.75, 3.05) is 32.7 Å². The Morgan fingerprint density at radius 2 is 1.94 bits per heavy atom. The average molecular weight is 307 g/mol. The Labute approximate surface area is 116 Å². The van der Waals surface area contributed by atoms with Crippen LogP contribution in [0.4, 0.5) is 0 Å². The molecule has 0 spiro atoms. The van der Waals surface area contributed by atoms with E-state index in [9.17, 15) is 4.79 Å². The highest BCUT2D eigenvalue weighted by Crippen LogP contribution is 2.18. The summed E-state index contributed by atoms with van der Waals surface area (Å²) < 4.78 is 0.848. The number of carbonyl (C=O) groups excluding carboxylic acids is 1. The predicted octanol–water partition coefficient (Wildman–Crippen LogP) is 1.84. The average Bonchev–Trinajstić information content (AvgIpc) is 2.40. The van der Waals surface area contributed by atoms with E-state index in [-0.39, 0.29) is 5.91 Å². The minimum absolute atomic E-state index is 0.0860. The predicted molar refractivity (Wildman–Crippen MR) is 75.3 cm³/mol. The van der Waals surface area contributed by atoms with Gasteiger partial charge in [-0.25, -0.2) is 0 Å². The second kappa shape index (κ2) is 6.03. The monoisotopic (exact) mass is 306 g/mol. The summed E-state index contributed by atoms with van der Waals surface area (Å²) in [5, 5.41) is 0. The highest BCUT2D eigenvalue weighted by molar-refractivity contribution is 9.10. The molecular formula is C14H15BrN2O. The molecule has 2 rings (SSSR count). The maximum absolute atomic E-state index is 12.3. The van der Waals surface area contributed by atoms with Gasteiger partial charge in [-0.3, -0.25) is 9.69 Å². The van der Waals surface area contributed by atoms with Gasteiger partial charge in [0.05, 0.1) is 12.1 Å². The van der Waals surface area contributed by atoms with Gasteiger partial charge < -0.3 is 4.90 Å². The Kier molecular flexibility index (Phi) is 4.40. The molecule has 1 aromatic rings. The zero-order chi connectivity index (χ0) is 13.0. The number of hydrogen-bond donors (Lipinski definition) is 0. The lowest BCUT2D eigenvalue weighted by Crippen LogP contribution is -2.48. The van der Waals surface area contributed by atoms with Gasteiger partial charge in [0.1, 0.15) is 0 Å². The number of amides is 1. The minimum atomic E-state index is 0.0860. The molecule has 0 aliphatic carbocycles. The van der Waals surface area contributed by atoms with Crippen LogP contribution in [0.3, 0.4) is 0 Å². The summed E-state index contributed by atoms with van der Waals surface area (Å²) in [7, 11) is 0. The fourth-order valence-corrected chi connectivity index (χ4v) is 2.50. The molecule has 1 heterocycles. The van der Waals surface area contributed by atoms with E-state index < -0.39 is 0 Å². The second-order valence-corrected chi connectivity index (χ2v) is 5.11. The van der Waals surface area contributed by atoms with Crippen LogP contribution in [0.15, 0.2) is 28.7 Å². The highest BCUT2D eigenvalue weighted by atomic mass is 79.9. The lowest BCUT2D eigenvalue weighted by atomic mass is 10.2. The van der Waals surface area contributed by atoms with Crippen molar-refractivity contribution < 1.29 is 4.79 Å². The van der Waals surface area contributed by atoms with Crippen LogP contribution in [-0.2, 0) is 0 Å². The molecule has 0 aromatic heterocycles. The quantitative estimate of drug-likeness (QED) is 0.779. The van der Waals surface area contributed by atoms with Crippen molar-refractivity contribution in [3.05, 3.63) is 34.3 Å². The van der Waals surface area contributed by atoms with Crippen molar-refractivity contribution in [3.63, 3.8) is 0 Å². The first-order valence-corrected chi connectivity index (χ1v) is 6.71. The lowest BCUT2D eigenvalue weighted by Gasteiger charge is -2.33. The number of rotatable bonds is 2. The lowest BCUT2D eigenvalue weighted by molar-refractivity contribution is 0.0651. The molecule has 18 heavy (non-hydrogen) atoms. The second-order valence-electron chi connectivity index (χ2n) is 4.25. The number of carbonyl (C=O) groups is 1. The molecule has 1 amide bonds. The van der Waals surface area contributed by atoms with E-state index in [1.807, 2.05) is 29.2 Å². The molecule has 1 aliphatic heterocycles. The van der Waals surface area contributed by atoms with E-state index in [0.29, 0.717) is 6.54 Å². The van der Waals surface area contributed by atoms with Gasteiger partial charge in [0.15, 0.2) is 0 Å². The highest BCUT2D eigenvalue weighted by Gasteiger charge is 2.22. The van der Waals surface area contributed by atoms with E-state index >= 15 is 0 Å². The molecule has 3 nitrogen and oxygen atoms in total. The Bertz CT molecular complexity index is 473. The molecular weight excluding hydrogens is 292 g/mol. The van der Waals surface area contributed by atoms with Gasteiger partial charge in [0.2, 0.25) is 0 Å². The number of nitrogens with zero attached hydrogens (tertiary/aromatic N) is 2. The molecule has 0 N–H and O–H groups in total. The molecule has 1 aromatic carbocycles. The maximum atomic E-state index is 12.3. The normalized spacial score (nSPS) is 16.3. The third-order valence-electron chi connectivity index (χ3n) is 3.08. The fraction of sp³-hybridized carbons (Fsp3) is 0.357.